The van der Waals surface area contributed by atoms with Crippen LogP contribution in [0.4, 0.5) is 0 Å². The molecule has 0 spiro atoms. The number of thiocarbonyl (C=S) groups is 4. The molecule has 0 radical (unpaired) electrons. The van der Waals surface area contributed by atoms with Crippen molar-refractivity contribution < 1.29 is 62.2 Å². The van der Waals surface area contributed by atoms with Crippen molar-refractivity contribution in [3.05, 3.63) is 300 Å². The van der Waals surface area contributed by atoms with Crippen molar-refractivity contribution in [1.82, 2.24) is 29.6 Å². The predicted molar refractivity (Wildman–Crippen MR) is 512 cm³/mol. The molecule has 31 heteroatoms. The van der Waals surface area contributed by atoms with Gasteiger partial charge >= 0.3 is 0 Å². The van der Waals surface area contributed by atoms with Gasteiger partial charge in [-0.2, -0.15) is 0 Å². The van der Waals surface area contributed by atoms with E-state index in [9.17, 15) is 29.1 Å². The fraction of sp³-hybridized carbons (Fsp3) is 0.187. The van der Waals surface area contributed by atoms with Crippen molar-refractivity contribution in [2.75, 3.05) is 67.0 Å². The fourth-order valence-electron chi connectivity index (χ4n) is 11.3. The van der Waals surface area contributed by atoms with Crippen molar-refractivity contribution in [1.29, 1.82) is 0 Å². The third-order valence-electron chi connectivity index (χ3n) is 17.3. The summed E-state index contributed by atoms with van der Waals surface area (Å²) in [5.41, 5.74) is 6.94. The van der Waals surface area contributed by atoms with E-state index in [1.54, 1.807) is 91.7 Å². The van der Waals surface area contributed by atoms with Crippen molar-refractivity contribution in [2.24, 2.45) is 0 Å². The van der Waals surface area contributed by atoms with Crippen LogP contribution < -0.4 is 58.0 Å². The van der Waals surface area contributed by atoms with Gasteiger partial charge < -0.3 is 48.3 Å². The van der Waals surface area contributed by atoms with Crippen molar-refractivity contribution in [2.45, 2.75) is 47.7 Å². The molecule has 4 aliphatic rings. The van der Waals surface area contributed by atoms with E-state index in [0.29, 0.717) is 140 Å². The largest absolute Gasteiger partial charge is 0.504 e. The first-order valence-electron chi connectivity index (χ1n) is 37.9. The number of aromatic hydroxyl groups is 1. The summed E-state index contributed by atoms with van der Waals surface area (Å²) in [4.78, 5) is 71.6. The lowest BCUT2D eigenvalue weighted by atomic mass is 10.1. The highest BCUT2D eigenvalue weighted by Crippen LogP contribution is 2.40. The van der Waals surface area contributed by atoms with Gasteiger partial charge in [0.1, 0.15) is 97.2 Å². The summed E-state index contributed by atoms with van der Waals surface area (Å²) in [5, 5.41) is 14.1. The number of carbonyl (C=O) groups excluding carboxylic acids is 4. The zero-order valence-corrected chi connectivity index (χ0v) is 76.1. The standard InChI is InChI=1S/C20H18ClNO3S2.2C19H17NO3S2.C18H16N2O3S2.C15H16ClNO2S/c1-13-5-3-4-6-16(13)24-9-10-25-17-8-7-15(21)11-14(17)12-18-19(23)22(2)20(26)27-18;1-13-3-2-4-16(11-13)23-10-9-22-15-7-5-14(6-8-15)12-17-18(21)20-19(24)25-17;1-20-18(21)17(25-19(20)24)13-14-7-5-6-10-16(14)23-12-11-22-15-8-3-2-4-9-15;1-2-23-14-7-3-6-13(16(14)21)9-15-17(22)20(18(24)25-15)11-12-5-4-8-19-10-12;1-4-17-10(3)20-14(15(17)18)9-11-8-12(16)6-7-13(11)19-5-2/h3-8,11-12H,9-10H2,1-2H3;2-8,11-12H,9-10H2,1H3,(H,20,21,24);2-10,13H,11-12H2,1H3;3-10,21H,2,11H2,1H3;6-9H,3-5H2,1-2H3. The van der Waals surface area contributed by atoms with Gasteiger partial charge in [0, 0.05) is 65.3 Å². The number of hydrogen-bond donors (Lipinski definition) is 2. The monoisotopic (exact) mass is 1840 g/mol. The molecular weight excluding hydrogens is 1760 g/mol. The van der Waals surface area contributed by atoms with E-state index in [2.05, 4.69) is 16.9 Å². The number of phenolic OH excluding ortho intramolecular Hbond substituents is 1. The number of halogens is 2. The highest BCUT2D eigenvalue weighted by molar-refractivity contribution is 8.28. The molecule has 8 aromatic carbocycles. The number of para-hydroxylation sites is 4. The van der Waals surface area contributed by atoms with E-state index in [4.69, 9.17) is 110 Å². The molecule has 4 fully saturated rings. The van der Waals surface area contributed by atoms with Crippen LogP contribution in [0.1, 0.15) is 65.3 Å². The minimum Gasteiger partial charge on any atom is -0.504 e. The highest BCUT2D eigenvalue weighted by atomic mass is 35.5. The van der Waals surface area contributed by atoms with Gasteiger partial charge in [0.15, 0.2) is 11.5 Å². The molecule has 0 aliphatic carbocycles. The third kappa shape index (κ3) is 27.5. The Bertz CT molecular complexity index is 5780. The van der Waals surface area contributed by atoms with Gasteiger partial charge in [-0.1, -0.05) is 223 Å². The molecule has 0 unspecified atom stereocenters. The number of carbonyl (C=O) groups is 4. The maximum atomic E-state index is 12.7. The van der Waals surface area contributed by atoms with Gasteiger partial charge in [0.05, 0.1) is 48.6 Å². The topological polar surface area (TPSA) is 219 Å². The Morgan fingerprint density at radius 1 is 0.475 bits per heavy atom. The summed E-state index contributed by atoms with van der Waals surface area (Å²) in [6, 6.07) is 60.1. The van der Waals surface area contributed by atoms with Crippen molar-refractivity contribution >= 4 is 208 Å². The summed E-state index contributed by atoms with van der Waals surface area (Å²) in [5.74, 6) is 5.18. The SMILES string of the molecule is C=c1sc(=Cc2cc(Cl)ccc2OCC)c(=O)n1CC.CCOc1cccc(C=C2SC(=S)N(Cc3cccnc3)C2=O)c1O.CN1C(=O)C(=Cc2ccccc2OCCOc2ccccc2)SC1=S.Cc1cccc(OCCOc2ccc(C=C3SC(=S)NC3=O)cc2)c1.Cc1ccccc1OCCOc1ccc(Cl)cc1C=C1SC(=S)N(C)C1=O. The minimum absolute atomic E-state index is 0.0156. The number of ether oxygens (including phenoxy) is 8. The van der Waals surface area contributed by atoms with Crippen LogP contribution in [-0.4, -0.2) is 137 Å². The lowest BCUT2D eigenvalue weighted by Gasteiger charge is -2.13. The van der Waals surface area contributed by atoms with Crippen LogP contribution in [0.5, 0.6) is 51.7 Å². The summed E-state index contributed by atoms with van der Waals surface area (Å²) in [7, 11) is 3.35. The van der Waals surface area contributed by atoms with Crippen LogP contribution in [0, 0.1) is 13.8 Å². The van der Waals surface area contributed by atoms with E-state index in [1.807, 2.05) is 198 Å². The second-order valence-corrected chi connectivity index (χ2v) is 34.8. The quantitative estimate of drug-likeness (QED) is 0.0278. The summed E-state index contributed by atoms with van der Waals surface area (Å²) in [6.45, 7) is 18.2. The Morgan fingerprint density at radius 3 is 1.55 bits per heavy atom. The van der Waals surface area contributed by atoms with E-state index >= 15 is 0 Å². The van der Waals surface area contributed by atoms with E-state index < -0.39 is 0 Å². The molecular formula is C91H84Cl2N6O14S9. The number of aryl methyl sites for hydroxylation is 2. The van der Waals surface area contributed by atoms with Crippen molar-refractivity contribution in [3.63, 3.8) is 0 Å². The number of pyridine rings is 1. The van der Waals surface area contributed by atoms with Gasteiger partial charge in [-0.05, 0) is 184 Å². The van der Waals surface area contributed by atoms with E-state index in [-0.39, 0.29) is 34.9 Å². The Kier molecular flexibility index (Phi) is 36.3. The maximum Gasteiger partial charge on any atom is 0.269 e. The molecule has 4 amide bonds. The Balaban J connectivity index is 0.000000160. The first kappa shape index (κ1) is 93.7. The van der Waals surface area contributed by atoms with E-state index in [0.717, 1.165) is 72.4 Å². The number of amides is 4. The molecule has 2 aromatic heterocycles. The minimum atomic E-state index is -0.180. The summed E-state index contributed by atoms with van der Waals surface area (Å²) in [6.07, 6.45) is 12.2. The molecule has 0 bridgehead atoms. The number of thioether (sulfide) groups is 4. The van der Waals surface area contributed by atoms with Crippen LogP contribution in [0.2, 0.25) is 10.0 Å². The third-order valence-corrected chi connectivity index (χ3v) is 24.3. The first-order chi connectivity index (χ1) is 58.9. The van der Waals surface area contributed by atoms with Crippen LogP contribution in [-0.2, 0) is 32.3 Å². The Labute approximate surface area is 760 Å². The summed E-state index contributed by atoms with van der Waals surface area (Å²) < 4.78 is 50.4. The maximum absolute atomic E-state index is 12.7. The molecule has 20 nitrogen and oxygen atoms in total. The van der Waals surface area contributed by atoms with Gasteiger partial charge in [-0.15, -0.1) is 11.3 Å². The number of nitrogens with zero attached hydrogens (tertiary/aromatic N) is 5. The lowest BCUT2D eigenvalue weighted by molar-refractivity contribution is -0.123. The fourth-order valence-corrected chi connectivity index (χ4v) is 17.2. The average Bonchev–Trinajstić information content (AvgIpc) is 1.67. The lowest BCUT2D eigenvalue weighted by Crippen LogP contribution is -2.30. The second kappa shape index (κ2) is 47.2. The average molecular weight is 1850 g/mol. The molecule has 0 atom stereocenters. The smallest absolute Gasteiger partial charge is 0.269 e. The van der Waals surface area contributed by atoms with Crippen LogP contribution in [0.3, 0.4) is 0 Å². The zero-order chi connectivity index (χ0) is 87.2. The summed E-state index contributed by atoms with van der Waals surface area (Å²) >= 11 is 39.2. The Morgan fingerprint density at radius 2 is 0.975 bits per heavy atom. The normalized spacial score (nSPS) is 15.0. The van der Waals surface area contributed by atoms with Gasteiger partial charge in [0.2, 0.25) is 0 Å². The number of benzene rings is 8. The number of hydrogen-bond acceptors (Lipinski definition) is 24. The number of aromatic nitrogens is 2. The number of nitrogens with one attached hydrogen (secondary N) is 1. The molecule has 0 saturated carbocycles. The number of likely N-dealkylation sites (N-methyl/N-ethyl adjacent to an activating group) is 2. The molecule has 10 aromatic rings. The van der Waals surface area contributed by atoms with Gasteiger partial charge in [-0.25, -0.2) is 0 Å². The Hall–Kier alpha value is -10.5. The molecule has 2 N–H and O–H groups in total. The molecule has 122 heavy (non-hydrogen) atoms. The van der Waals surface area contributed by atoms with E-state index in [1.165, 1.54) is 73.1 Å². The highest BCUT2D eigenvalue weighted by Gasteiger charge is 2.34. The van der Waals surface area contributed by atoms with Crippen LogP contribution in [0.25, 0.3) is 37.0 Å². The number of thiazole rings is 1. The van der Waals surface area contributed by atoms with Gasteiger partial charge in [-0.3, -0.25) is 48.2 Å². The number of rotatable bonds is 27. The predicted octanol–water partition coefficient (Wildman–Crippen LogP) is 18.7. The van der Waals surface area contributed by atoms with Crippen LogP contribution >= 0.6 is 130 Å². The molecule has 630 valence electrons. The van der Waals surface area contributed by atoms with Crippen LogP contribution in [0.15, 0.2) is 231 Å². The van der Waals surface area contributed by atoms with Crippen molar-refractivity contribution in [3.8, 4) is 51.7 Å². The number of phenols is 1. The first-order valence-corrected chi connectivity index (χ1v) is 44.4. The molecule has 4 saturated heterocycles. The molecule has 14 rings (SSSR count). The molecule has 6 heterocycles. The van der Waals surface area contributed by atoms with Gasteiger partial charge in [0.25, 0.3) is 29.2 Å². The molecule has 4 aliphatic heterocycles. The zero-order valence-electron chi connectivity index (χ0n) is 67.2. The second-order valence-electron chi connectivity index (χ2n) is 26.0.